The molecule has 0 aliphatic carbocycles. The molecular weight excluding hydrogens is 242 g/mol. The zero-order valence-corrected chi connectivity index (χ0v) is 12.2. The number of ether oxygens (including phenoxy) is 1. The molecule has 2 saturated heterocycles. The van der Waals surface area contributed by atoms with Gasteiger partial charge in [0.1, 0.15) is 5.72 Å². The highest BCUT2D eigenvalue weighted by Gasteiger charge is 2.37. The van der Waals surface area contributed by atoms with Crippen LogP contribution in [0.4, 0.5) is 0 Å². The predicted molar refractivity (Wildman–Crippen MR) is 73.4 cm³/mol. The first-order valence-corrected chi connectivity index (χ1v) is 7.11. The highest BCUT2D eigenvalue weighted by molar-refractivity contribution is 7.99. The van der Waals surface area contributed by atoms with E-state index in [-0.39, 0.29) is 18.1 Å². The van der Waals surface area contributed by atoms with Crippen molar-refractivity contribution in [2.24, 2.45) is 11.3 Å². The Morgan fingerprint density at radius 1 is 1.38 bits per heavy atom. The molecule has 1 N–H and O–H groups in total. The maximum Gasteiger partial charge on any atom is 0.116 e. The lowest BCUT2D eigenvalue weighted by Gasteiger charge is -2.43. The summed E-state index contributed by atoms with van der Waals surface area (Å²) in [6.07, 6.45) is 2.55. The predicted octanol–water partition coefficient (Wildman–Crippen LogP) is 2.91. The van der Waals surface area contributed by atoms with Crippen LogP contribution in [0, 0.1) is 11.3 Å². The molecule has 0 bridgehead atoms. The van der Waals surface area contributed by atoms with Crippen LogP contribution in [0.1, 0.15) is 33.6 Å². The molecule has 2 aliphatic rings. The first-order chi connectivity index (χ1) is 6.99. The number of hydrogen-bond donors (Lipinski definition) is 1. The van der Waals surface area contributed by atoms with Crippen molar-refractivity contribution in [1.29, 1.82) is 0 Å². The van der Waals surface area contributed by atoms with Crippen LogP contribution in [0.3, 0.4) is 0 Å². The SMILES string of the molecule is CC1(C)CNC(C)(CC2CCSC2)OC1.Cl. The summed E-state index contributed by atoms with van der Waals surface area (Å²) in [7, 11) is 0. The maximum atomic E-state index is 6.02. The van der Waals surface area contributed by atoms with E-state index in [1.54, 1.807) is 0 Å². The minimum Gasteiger partial charge on any atom is -0.360 e. The molecule has 2 aliphatic heterocycles. The summed E-state index contributed by atoms with van der Waals surface area (Å²) in [5.41, 5.74) is 0.231. The number of rotatable bonds is 2. The minimum absolute atomic E-state index is 0. The fraction of sp³-hybridized carbons (Fsp3) is 1.00. The molecule has 96 valence electrons. The van der Waals surface area contributed by atoms with E-state index in [1.807, 2.05) is 0 Å². The quantitative estimate of drug-likeness (QED) is 0.830. The average molecular weight is 266 g/mol. The van der Waals surface area contributed by atoms with Gasteiger partial charge >= 0.3 is 0 Å². The van der Waals surface area contributed by atoms with Gasteiger partial charge < -0.3 is 4.74 Å². The molecule has 2 unspecified atom stereocenters. The lowest BCUT2D eigenvalue weighted by molar-refractivity contribution is -0.135. The largest absolute Gasteiger partial charge is 0.360 e. The van der Waals surface area contributed by atoms with Gasteiger partial charge in [-0.3, -0.25) is 5.32 Å². The first kappa shape index (κ1) is 14.6. The Morgan fingerprint density at radius 3 is 2.62 bits per heavy atom. The van der Waals surface area contributed by atoms with Crippen molar-refractivity contribution >= 4 is 24.2 Å². The van der Waals surface area contributed by atoms with Crippen LogP contribution in [0.5, 0.6) is 0 Å². The van der Waals surface area contributed by atoms with E-state index in [4.69, 9.17) is 4.74 Å². The van der Waals surface area contributed by atoms with Gasteiger partial charge in [0.05, 0.1) is 6.61 Å². The summed E-state index contributed by atoms with van der Waals surface area (Å²) in [5, 5.41) is 3.58. The molecular formula is C12H24ClNOS. The second-order valence-corrected chi connectivity index (χ2v) is 7.12. The third kappa shape index (κ3) is 3.80. The molecule has 0 aromatic carbocycles. The van der Waals surface area contributed by atoms with Crippen molar-refractivity contribution in [3.05, 3.63) is 0 Å². The fourth-order valence-corrected chi connectivity index (χ4v) is 3.59. The summed E-state index contributed by atoms with van der Waals surface area (Å²) in [4.78, 5) is 0. The van der Waals surface area contributed by atoms with E-state index in [0.717, 1.165) is 19.1 Å². The molecule has 2 fully saturated rings. The lowest BCUT2D eigenvalue weighted by atomic mass is 9.89. The van der Waals surface area contributed by atoms with Crippen molar-refractivity contribution < 1.29 is 4.74 Å². The number of hydrogen-bond acceptors (Lipinski definition) is 3. The molecule has 0 radical (unpaired) electrons. The van der Waals surface area contributed by atoms with E-state index >= 15 is 0 Å². The van der Waals surface area contributed by atoms with Crippen LogP contribution in [0.25, 0.3) is 0 Å². The van der Waals surface area contributed by atoms with Crippen LogP contribution in [-0.2, 0) is 4.74 Å². The summed E-state index contributed by atoms with van der Waals surface area (Å²) < 4.78 is 6.02. The third-order valence-corrected chi connectivity index (χ3v) is 4.66. The van der Waals surface area contributed by atoms with E-state index in [0.29, 0.717) is 5.41 Å². The number of thioether (sulfide) groups is 1. The summed E-state index contributed by atoms with van der Waals surface area (Å²) in [6, 6.07) is 0. The summed E-state index contributed by atoms with van der Waals surface area (Å²) in [5.74, 6) is 3.52. The van der Waals surface area contributed by atoms with Crippen LogP contribution in [0.2, 0.25) is 0 Å². The second-order valence-electron chi connectivity index (χ2n) is 5.97. The van der Waals surface area contributed by atoms with Crippen molar-refractivity contribution in [2.45, 2.75) is 39.3 Å². The van der Waals surface area contributed by atoms with E-state index < -0.39 is 0 Å². The van der Waals surface area contributed by atoms with Gasteiger partial charge in [-0.25, -0.2) is 0 Å². The zero-order valence-electron chi connectivity index (χ0n) is 10.5. The van der Waals surface area contributed by atoms with Crippen LogP contribution in [-0.4, -0.2) is 30.4 Å². The van der Waals surface area contributed by atoms with Crippen LogP contribution >= 0.6 is 24.2 Å². The number of nitrogens with one attached hydrogen (secondary N) is 1. The summed E-state index contributed by atoms with van der Waals surface area (Å²) >= 11 is 2.09. The molecule has 0 aromatic rings. The normalized spacial score (nSPS) is 38.1. The maximum absolute atomic E-state index is 6.02. The summed E-state index contributed by atoms with van der Waals surface area (Å²) in [6.45, 7) is 8.68. The second kappa shape index (κ2) is 5.47. The zero-order chi connectivity index (χ0) is 10.9. The molecule has 0 saturated carbocycles. The molecule has 2 rings (SSSR count). The molecule has 16 heavy (non-hydrogen) atoms. The van der Waals surface area contributed by atoms with E-state index in [9.17, 15) is 0 Å². The highest BCUT2D eigenvalue weighted by Crippen LogP contribution is 2.34. The van der Waals surface area contributed by atoms with Crippen LogP contribution in [0.15, 0.2) is 0 Å². The Bertz CT molecular complexity index is 219. The monoisotopic (exact) mass is 265 g/mol. The van der Waals surface area contributed by atoms with E-state index in [2.05, 4.69) is 37.8 Å². The van der Waals surface area contributed by atoms with Crippen LogP contribution < -0.4 is 5.32 Å². The van der Waals surface area contributed by atoms with Gasteiger partial charge in [0, 0.05) is 12.0 Å². The smallest absolute Gasteiger partial charge is 0.116 e. The standard InChI is InChI=1S/C12H23NOS.ClH/c1-11(2)8-13-12(3,14-9-11)6-10-4-5-15-7-10;/h10,13H,4-9H2,1-3H3;1H. The Kier molecular flexibility index (Phi) is 5.00. The molecule has 0 aromatic heterocycles. The molecule has 2 atom stereocenters. The lowest BCUT2D eigenvalue weighted by Crippen LogP contribution is -2.56. The Morgan fingerprint density at radius 2 is 2.12 bits per heavy atom. The topological polar surface area (TPSA) is 21.3 Å². The molecule has 2 nitrogen and oxygen atoms in total. The molecule has 4 heteroatoms. The van der Waals surface area contributed by atoms with Crippen molar-refractivity contribution in [3.63, 3.8) is 0 Å². The highest BCUT2D eigenvalue weighted by atomic mass is 35.5. The molecule has 2 heterocycles. The van der Waals surface area contributed by atoms with Crippen molar-refractivity contribution in [3.8, 4) is 0 Å². The van der Waals surface area contributed by atoms with Gasteiger partial charge in [0.2, 0.25) is 0 Å². The van der Waals surface area contributed by atoms with Gasteiger partial charge in [-0.15, -0.1) is 12.4 Å². The number of halogens is 1. The van der Waals surface area contributed by atoms with Crippen molar-refractivity contribution in [2.75, 3.05) is 24.7 Å². The van der Waals surface area contributed by atoms with Gasteiger partial charge in [-0.1, -0.05) is 13.8 Å². The Labute approximate surface area is 110 Å². The third-order valence-electron chi connectivity index (χ3n) is 3.42. The van der Waals surface area contributed by atoms with Crippen molar-refractivity contribution in [1.82, 2.24) is 5.32 Å². The Hall–Kier alpha value is 0.560. The molecule has 0 spiro atoms. The average Bonchev–Trinajstić information content (AvgIpc) is 2.64. The Balaban J connectivity index is 0.00000128. The first-order valence-electron chi connectivity index (χ1n) is 5.96. The molecule has 0 amide bonds. The van der Waals surface area contributed by atoms with Gasteiger partial charge in [0.25, 0.3) is 0 Å². The minimum atomic E-state index is -0.0644. The fourth-order valence-electron chi connectivity index (χ4n) is 2.31. The van der Waals surface area contributed by atoms with E-state index in [1.165, 1.54) is 24.3 Å². The van der Waals surface area contributed by atoms with Gasteiger partial charge in [0.15, 0.2) is 0 Å². The van der Waals surface area contributed by atoms with Gasteiger partial charge in [-0.2, -0.15) is 11.8 Å². The van der Waals surface area contributed by atoms with Gasteiger partial charge in [-0.05, 0) is 37.2 Å².